The number of amides is 1. The molecule has 0 spiro atoms. The van der Waals surface area contributed by atoms with Crippen LogP contribution in [0.15, 0.2) is 22.8 Å². The largest absolute Gasteiger partial charge is 0.459 e. The van der Waals surface area contributed by atoms with E-state index in [1.54, 1.807) is 26.0 Å². The Kier molecular flexibility index (Phi) is 6.92. The third-order valence-electron chi connectivity index (χ3n) is 4.30. The molecule has 2 heterocycles. The van der Waals surface area contributed by atoms with E-state index < -0.39 is 17.9 Å². The molecule has 0 saturated heterocycles. The van der Waals surface area contributed by atoms with E-state index in [1.807, 2.05) is 0 Å². The van der Waals surface area contributed by atoms with Crippen molar-refractivity contribution >= 4 is 23.4 Å². The van der Waals surface area contributed by atoms with Gasteiger partial charge < -0.3 is 19.5 Å². The van der Waals surface area contributed by atoms with Gasteiger partial charge in [0.05, 0.1) is 12.0 Å². The quantitative estimate of drug-likeness (QED) is 0.387. The maximum absolute atomic E-state index is 12.6. The summed E-state index contributed by atoms with van der Waals surface area (Å²) in [6.07, 6.45) is 0.831. The Balaban J connectivity index is 1.82. The fourth-order valence-corrected chi connectivity index (χ4v) is 2.97. The van der Waals surface area contributed by atoms with Gasteiger partial charge in [0, 0.05) is 24.2 Å². The smallest absolute Gasteiger partial charge is 0.306 e. The highest BCUT2D eigenvalue weighted by molar-refractivity contribution is 6.05. The molecule has 2 aromatic rings. The van der Waals surface area contributed by atoms with Crippen LogP contribution in [0, 0.1) is 13.8 Å². The van der Waals surface area contributed by atoms with Gasteiger partial charge in [0.1, 0.15) is 0 Å². The van der Waals surface area contributed by atoms with Crippen LogP contribution in [0.25, 0.3) is 0 Å². The van der Waals surface area contributed by atoms with E-state index in [4.69, 9.17) is 9.15 Å². The van der Waals surface area contributed by atoms with Crippen LogP contribution in [0.3, 0.4) is 0 Å². The van der Waals surface area contributed by atoms with Gasteiger partial charge >= 0.3 is 5.97 Å². The van der Waals surface area contributed by atoms with Crippen LogP contribution < -0.4 is 5.32 Å². The summed E-state index contributed by atoms with van der Waals surface area (Å²) in [6.45, 7) is 6.60. The molecule has 0 fully saturated rings. The van der Waals surface area contributed by atoms with E-state index >= 15 is 0 Å². The number of aromatic amines is 1. The molecule has 0 aliphatic heterocycles. The van der Waals surface area contributed by atoms with E-state index in [1.165, 1.54) is 20.1 Å². The lowest BCUT2D eigenvalue weighted by Gasteiger charge is -2.12. The number of carbonyl (C=O) groups is 4. The number of nitrogens with one attached hydrogen (secondary N) is 2. The summed E-state index contributed by atoms with van der Waals surface area (Å²) in [7, 11) is 0. The summed E-state index contributed by atoms with van der Waals surface area (Å²) in [6, 6.07) is 3.15. The standard InChI is InChI=1S/C20H24N2O6/c1-11-17(13(3)23)12(2)22-18(11)19(25)14(4)28-16(24)8-5-9-21-20(26)15-7-6-10-27-15/h6-7,10,14,22H,5,8-9H2,1-4H3,(H,21,26). The summed E-state index contributed by atoms with van der Waals surface area (Å²) in [5.74, 6) is -1.23. The highest BCUT2D eigenvalue weighted by Crippen LogP contribution is 2.20. The molecule has 8 nitrogen and oxygen atoms in total. The van der Waals surface area contributed by atoms with E-state index in [0.717, 1.165) is 0 Å². The number of ether oxygens (including phenoxy) is 1. The predicted octanol–water partition coefficient (Wildman–Crippen LogP) is 2.75. The van der Waals surface area contributed by atoms with Crippen molar-refractivity contribution in [2.24, 2.45) is 0 Å². The maximum Gasteiger partial charge on any atom is 0.306 e. The molecule has 28 heavy (non-hydrogen) atoms. The second kappa shape index (κ2) is 9.16. The van der Waals surface area contributed by atoms with Crippen molar-refractivity contribution in [3.05, 3.63) is 46.7 Å². The third-order valence-corrected chi connectivity index (χ3v) is 4.30. The van der Waals surface area contributed by atoms with E-state index in [-0.39, 0.29) is 36.1 Å². The molecule has 8 heteroatoms. The number of carbonyl (C=O) groups excluding carboxylic acids is 4. The number of Topliss-reactive ketones (excluding diaryl/α,β-unsaturated/α-hetero) is 2. The van der Waals surface area contributed by atoms with Crippen LogP contribution in [-0.4, -0.2) is 41.1 Å². The summed E-state index contributed by atoms with van der Waals surface area (Å²) in [5, 5.41) is 2.63. The number of hydrogen-bond acceptors (Lipinski definition) is 6. The molecule has 0 bridgehead atoms. The van der Waals surface area contributed by atoms with Gasteiger partial charge in [-0.05, 0) is 51.8 Å². The Morgan fingerprint density at radius 1 is 1.25 bits per heavy atom. The highest BCUT2D eigenvalue weighted by Gasteiger charge is 2.25. The van der Waals surface area contributed by atoms with Crippen LogP contribution in [0.2, 0.25) is 0 Å². The summed E-state index contributed by atoms with van der Waals surface area (Å²) in [5.41, 5.74) is 1.92. The molecule has 0 aromatic carbocycles. The van der Waals surface area contributed by atoms with Gasteiger partial charge in [0.15, 0.2) is 17.6 Å². The maximum atomic E-state index is 12.6. The molecule has 1 amide bonds. The Morgan fingerprint density at radius 2 is 1.96 bits per heavy atom. The van der Waals surface area contributed by atoms with Crippen molar-refractivity contribution in [1.82, 2.24) is 10.3 Å². The molecule has 1 unspecified atom stereocenters. The van der Waals surface area contributed by atoms with Crippen LogP contribution >= 0.6 is 0 Å². The summed E-state index contributed by atoms with van der Waals surface area (Å²) < 4.78 is 10.1. The average Bonchev–Trinajstić information content (AvgIpc) is 3.25. The minimum atomic E-state index is -0.984. The number of aryl methyl sites for hydroxylation is 1. The molecule has 150 valence electrons. The first-order valence-electron chi connectivity index (χ1n) is 8.97. The minimum Gasteiger partial charge on any atom is -0.459 e. The normalized spacial score (nSPS) is 11.7. The second-order valence-electron chi connectivity index (χ2n) is 6.51. The Labute approximate surface area is 162 Å². The zero-order valence-corrected chi connectivity index (χ0v) is 16.4. The fraction of sp³-hybridized carbons (Fsp3) is 0.400. The summed E-state index contributed by atoms with van der Waals surface area (Å²) in [4.78, 5) is 50.8. The Morgan fingerprint density at radius 3 is 2.54 bits per heavy atom. The van der Waals surface area contributed by atoms with E-state index in [0.29, 0.717) is 23.2 Å². The lowest BCUT2D eigenvalue weighted by atomic mass is 10.0. The first-order valence-corrected chi connectivity index (χ1v) is 8.97. The monoisotopic (exact) mass is 388 g/mol. The number of esters is 1. The first kappa shape index (κ1) is 21.1. The van der Waals surface area contributed by atoms with Crippen molar-refractivity contribution in [2.75, 3.05) is 6.54 Å². The first-order chi connectivity index (χ1) is 13.2. The molecule has 1 atom stereocenters. The fourth-order valence-electron chi connectivity index (χ4n) is 2.97. The lowest BCUT2D eigenvalue weighted by molar-refractivity contribution is -0.146. The second-order valence-corrected chi connectivity index (χ2v) is 6.51. The van der Waals surface area contributed by atoms with E-state index in [2.05, 4.69) is 10.3 Å². The molecular weight excluding hydrogens is 364 g/mol. The van der Waals surface area contributed by atoms with Gasteiger partial charge in [-0.1, -0.05) is 0 Å². The van der Waals surface area contributed by atoms with Crippen molar-refractivity contribution in [1.29, 1.82) is 0 Å². The zero-order chi connectivity index (χ0) is 20.8. The van der Waals surface area contributed by atoms with Gasteiger partial charge in [0.2, 0.25) is 5.78 Å². The zero-order valence-electron chi connectivity index (χ0n) is 16.4. The molecule has 0 radical (unpaired) electrons. The van der Waals surface area contributed by atoms with Gasteiger partial charge in [-0.15, -0.1) is 0 Å². The molecular formula is C20H24N2O6. The van der Waals surface area contributed by atoms with Crippen molar-refractivity contribution in [3.63, 3.8) is 0 Å². The number of aromatic nitrogens is 1. The number of hydrogen-bond donors (Lipinski definition) is 2. The van der Waals surface area contributed by atoms with Crippen molar-refractivity contribution < 1.29 is 28.3 Å². The van der Waals surface area contributed by atoms with Crippen LogP contribution in [0.1, 0.15) is 69.3 Å². The molecule has 2 rings (SSSR count). The van der Waals surface area contributed by atoms with Gasteiger partial charge in [-0.2, -0.15) is 0 Å². The third kappa shape index (κ3) is 4.97. The van der Waals surface area contributed by atoms with Crippen LogP contribution in [0.5, 0.6) is 0 Å². The van der Waals surface area contributed by atoms with Gasteiger partial charge in [0.25, 0.3) is 5.91 Å². The van der Waals surface area contributed by atoms with Crippen LogP contribution in [0.4, 0.5) is 0 Å². The lowest BCUT2D eigenvalue weighted by Crippen LogP contribution is -2.27. The number of ketones is 2. The number of rotatable bonds is 9. The molecule has 0 aliphatic rings. The topological polar surface area (TPSA) is 118 Å². The van der Waals surface area contributed by atoms with Crippen molar-refractivity contribution in [2.45, 2.75) is 46.6 Å². The van der Waals surface area contributed by atoms with E-state index in [9.17, 15) is 19.2 Å². The number of furan rings is 1. The van der Waals surface area contributed by atoms with Gasteiger partial charge in [-0.25, -0.2) is 0 Å². The average molecular weight is 388 g/mol. The molecule has 2 aromatic heterocycles. The molecule has 0 aliphatic carbocycles. The van der Waals surface area contributed by atoms with Gasteiger partial charge in [-0.3, -0.25) is 19.2 Å². The Bertz CT molecular complexity index is 879. The molecule has 2 N–H and O–H groups in total. The summed E-state index contributed by atoms with van der Waals surface area (Å²) >= 11 is 0. The predicted molar refractivity (Wildman–Crippen MR) is 100 cm³/mol. The minimum absolute atomic E-state index is 0.0531. The van der Waals surface area contributed by atoms with Crippen LogP contribution in [-0.2, 0) is 9.53 Å². The highest BCUT2D eigenvalue weighted by atomic mass is 16.5. The van der Waals surface area contributed by atoms with Crippen molar-refractivity contribution in [3.8, 4) is 0 Å². The SMILES string of the molecule is CC(=O)c1c(C)[nH]c(C(=O)C(C)OC(=O)CCCNC(=O)c2ccco2)c1C. The molecule has 0 saturated carbocycles. The Hall–Kier alpha value is -3.16. The number of H-pyrrole nitrogens is 1.